The second-order valence-corrected chi connectivity index (χ2v) is 6.78. The van der Waals surface area contributed by atoms with Crippen LogP contribution in [0.2, 0.25) is 0 Å². The molecule has 6 heteroatoms. The summed E-state index contributed by atoms with van der Waals surface area (Å²) in [6, 6.07) is 19.3. The van der Waals surface area contributed by atoms with E-state index in [0.717, 1.165) is 20.6 Å². The highest BCUT2D eigenvalue weighted by Crippen LogP contribution is 2.21. The molecule has 26 heavy (non-hydrogen) atoms. The molecular weight excluding hydrogens is 441 g/mol. The van der Waals surface area contributed by atoms with Crippen LogP contribution in [0.5, 0.6) is 5.75 Å². The molecule has 0 atom stereocenters. The SMILES string of the molecule is COc1cc(C(=O)N/N=C\c2ccc(C)n2-c2ccccc2)ccc1I. The van der Waals surface area contributed by atoms with E-state index in [1.165, 1.54) is 0 Å². The normalized spacial score (nSPS) is 10.9. The lowest BCUT2D eigenvalue weighted by atomic mass is 10.2. The molecule has 1 heterocycles. The van der Waals surface area contributed by atoms with Crippen molar-refractivity contribution in [2.24, 2.45) is 5.10 Å². The van der Waals surface area contributed by atoms with Gasteiger partial charge in [0.2, 0.25) is 0 Å². The lowest BCUT2D eigenvalue weighted by Crippen LogP contribution is -2.18. The van der Waals surface area contributed by atoms with Crippen molar-refractivity contribution in [1.82, 2.24) is 9.99 Å². The first-order chi connectivity index (χ1) is 12.6. The molecule has 2 aromatic carbocycles. The van der Waals surface area contributed by atoms with Gasteiger partial charge in [-0.1, -0.05) is 18.2 Å². The Morgan fingerprint density at radius 1 is 1.15 bits per heavy atom. The summed E-state index contributed by atoms with van der Waals surface area (Å²) in [6.45, 7) is 2.03. The Kier molecular flexibility index (Phi) is 5.72. The molecule has 3 rings (SSSR count). The van der Waals surface area contributed by atoms with Crippen molar-refractivity contribution in [3.8, 4) is 11.4 Å². The Hall–Kier alpha value is -2.61. The highest BCUT2D eigenvalue weighted by molar-refractivity contribution is 14.1. The Morgan fingerprint density at radius 3 is 2.65 bits per heavy atom. The zero-order valence-corrected chi connectivity index (χ0v) is 16.6. The summed E-state index contributed by atoms with van der Waals surface area (Å²) in [5.74, 6) is 0.376. The van der Waals surface area contributed by atoms with Crippen molar-refractivity contribution < 1.29 is 9.53 Å². The van der Waals surface area contributed by atoms with Gasteiger partial charge in [-0.05, 0) is 72.0 Å². The Bertz CT molecular complexity index is 949. The van der Waals surface area contributed by atoms with Gasteiger partial charge in [0.1, 0.15) is 5.75 Å². The Balaban J connectivity index is 1.77. The molecule has 1 aromatic heterocycles. The summed E-state index contributed by atoms with van der Waals surface area (Å²) in [6.07, 6.45) is 1.64. The molecule has 0 bridgehead atoms. The van der Waals surface area contributed by atoms with Gasteiger partial charge >= 0.3 is 0 Å². The number of para-hydroxylation sites is 1. The van der Waals surface area contributed by atoms with Crippen LogP contribution in [-0.4, -0.2) is 23.8 Å². The van der Waals surface area contributed by atoms with Crippen molar-refractivity contribution in [2.45, 2.75) is 6.92 Å². The molecule has 0 saturated carbocycles. The van der Waals surface area contributed by atoms with Crippen LogP contribution in [0, 0.1) is 10.5 Å². The van der Waals surface area contributed by atoms with Gasteiger partial charge in [0.15, 0.2) is 0 Å². The second-order valence-electron chi connectivity index (χ2n) is 5.62. The van der Waals surface area contributed by atoms with Crippen molar-refractivity contribution >= 4 is 34.7 Å². The predicted octanol–water partition coefficient (Wildman–Crippen LogP) is 4.16. The van der Waals surface area contributed by atoms with E-state index in [1.54, 1.807) is 25.5 Å². The van der Waals surface area contributed by atoms with Crippen LogP contribution in [0.25, 0.3) is 5.69 Å². The molecule has 0 radical (unpaired) electrons. The second kappa shape index (κ2) is 8.18. The third-order valence-electron chi connectivity index (χ3n) is 3.90. The summed E-state index contributed by atoms with van der Waals surface area (Å²) in [7, 11) is 1.58. The van der Waals surface area contributed by atoms with Crippen LogP contribution in [0.3, 0.4) is 0 Å². The Morgan fingerprint density at radius 2 is 1.92 bits per heavy atom. The number of nitrogens with one attached hydrogen (secondary N) is 1. The molecule has 0 saturated heterocycles. The van der Waals surface area contributed by atoms with Crippen molar-refractivity contribution in [3.63, 3.8) is 0 Å². The first-order valence-corrected chi connectivity index (χ1v) is 9.08. The number of hydrazone groups is 1. The van der Waals surface area contributed by atoms with Crippen LogP contribution in [0.4, 0.5) is 0 Å². The van der Waals surface area contributed by atoms with Gasteiger partial charge in [-0.25, -0.2) is 5.43 Å². The van der Waals surface area contributed by atoms with Crippen LogP contribution in [0.15, 0.2) is 65.8 Å². The van der Waals surface area contributed by atoms with Gasteiger partial charge in [-0.2, -0.15) is 5.10 Å². The van der Waals surface area contributed by atoms with E-state index < -0.39 is 0 Å². The standard InChI is InChI=1S/C20H18IN3O2/c1-14-8-10-17(24(14)16-6-4-3-5-7-16)13-22-23-20(25)15-9-11-18(21)19(12-15)26-2/h3-13H,1-2H3,(H,23,25)/b22-13-. The molecular formula is C20H18IN3O2. The maximum atomic E-state index is 12.3. The number of halogens is 1. The summed E-state index contributed by atoms with van der Waals surface area (Å²) in [5, 5.41) is 4.11. The van der Waals surface area contributed by atoms with Crippen LogP contribution in [0.1, 0.15) is 21.7 Å². The van der Waals surface area contributed by atoms with Gasteiger partial charge < -0.3 is 9.30 Å². The molecule has 0 aliphatic rings. The van der Waals surface area contributed by atoms with Gasteiger partial charge in [-0.15, -0.1) is 0 Å². The van der Waals surface area contributed by atoms with Gasteiger partial charge in [-0.3, -0.25) is 4.79 Å². The number of benzene rings is 2. The zero-order valence-electron chi connectivity index (χ0n) is 14.4. The average Bonchev–Trinajstić information content (AvgIpc) is 3.03. The van der Waals surface area contributed by atoms with E-state index in [2.05, 4.69) is 37.7 Å². The first kappa shape index (κ1) is 18.2. The molecule has 5 nitrogen and oxygen atoms in total. The average molecular weight is 459 g/mol. The topological polar surface area (TPSA) is 55.6 Å². The molecule has 1 amide bonds. The van der Waals surface area contributed by atoms with Crippen LogP contribution >= 0.6 is 22.6 Å². The zero-order chi connectivity index (χ0) is 18.5. The number of hydrogen-bond acceptors (Lipinski definition) is 3. The lowest BCUT2D eigenvalue weighted by molar-refractivity contribution is 0.0954. The number of nitrogens with zero attached hydrogens (tertiary/aromatic N) is 2. The number of aromatic nitrogens is 1. The minimum Gasteiger partial charge on any atom is -0.496 e. The summed E-state index contributed by atoms with van der Waals surface area (Å²) >= 11 is 2.16. The van der Waals surface area contributed by atoms with Gasteiger partial charge in [0.25, 0.3) is 5.91 Å². The fourth-order valence-corrected chi connectivity index (χ4v) is 3.17. The number of carbonyl (C=O) groups excluding carboxylic acids is 1. The molecule has 0 unspecified atom stereocenters. The van der Waals surface area contributed by atoms with Crippen molar-refractivity contribution in [1.29, 1.82) is 0 Å². The number of amides is 1. The van der Waals surface area contributed by atoms with Crippen molar-refractivity contribution in [3.05, 3.63) is 81.2 Å². The monoisotopic (exact) mass is 459 g/mol. The van der Waals surface area contributed by atoms with E-state index in [1.807, 2.05) is 55.5 Å². The minimum absolute atomic E-state index is 0.287. The van der Waals surface area contributed by atoms with Crippen LogP contribution in [-0.2, 0) is 0 Å². The van der Waals surface area contributed by atoms with Gasteiger partial charge in [0.05, 0.1) is 22.6 Å². The maximum absolute atomic E-state index is 12.3. The van der Waals surface area contributed by atoms with Crippen LogP contribution < -0.4 is 10.2 Å². The fraction of sp³-hybridized carbons (Fsp3) is 0.100. The minimum atomic E-state index is -0.287. The number of ether oxygens (including phenoxy) is 1. The number of carbonyl (C=O) groups is 1. The maximum Gasteiger partial charge on any atom is 0.271 e. The fourth-order valence-electron chi connectivity index (χ4n) is 2.61. The van der Waals surface area contributed by atoms with Gasteiger partial charge in [0, 0.05) is 16.9 Å². The molecule has 1 N–H and O–H groups in total. The van der Waals surface area contributed by atoms with E-state index in [-0.39, 0.29) is 5.91 Å². The quantitative estimate of drug-likeness (QED) is 0.354. The molecule has 3 aromatic rings. The predicted molar refractivity (Wildman–Crippen MR) is 111 cm³/mol. The molecule has 0 fully saturated rings. The van der Waals surface area contributed by atoms with E-state index in [0.29, 0.717) is 11.3 Å². The number of aryl methyl sites for hydroxylation is 1. The highest BCUT2D eigenvalue weighted by atomic mass is 127. The highest BCUT2D eigenvalue weighted by Gasteiger charge is 2.09. The molecule has 0 aliphatic heterocycles. The molecule has 0 aliphatic carbocycles. The molecule has 132 valence electrons. The molecule has 0 spiro atoms. The summed E-state index contributed by atoms with van der Waals surface area (Å²) < 4.78 is 8.27. The number of hydrogen-bond donors (Lipinski definition) is 1. The lowest BCUT2D eigenvalue weighted by Gasteiger charge is -2.09. The Labute approximate surface area is 165 Å². The number of rotatable bonds is 5. The largest absolute Gasteiger partial charge is 0.496 e. The summed E-state index contributed by atoms with van der Waals surface area (Å²) in [4.78, 5) is 12.3. The third-order valence-corrected chi connectivity index (χ3v) is 4.79. The third kappa shape index (κ3) is 3.96. The number of methoxy groups -OCH3 is 1. The van der Waals surface area contributed by atoms with Crippen molar-refractivity contribution in [2.75, 3.05) is 7.11 Å². The smallest absolute Gasteiger partial charge is 0.271 e. The van der Waals surface area contributed by atoms with E-state index in [9.17, 15) is 4.79 Å². The van der Waals surface area contributed by atoms with E-state index in [4.69, 9.17) is 4.74 Å². The first-order valence-electron chi connectivity index (χ1n) is 8.01. The summed E-state index contributed by atoms with van der Waals surface area (Å²) in [5.41, 5.74) is 6.08. The van der Waals surface area contributed by atoms with E-state index >= 15 is 0 Å².